The first-order valence-electron chi connectivity index (χ1n) is 13.2. The number of carbonyl (C=O) groups excluding carboxylic acids is 1. The van der Waals surface area contributed by atoms with Gasteiger partial charge in [-0.2, -0.15) is 12.7 Å². The molecule has 3 aromatic rings. The summed E-state index contributed by atoms with van der Waals surface area (Å²) in [4.78, 5) is 28.1. The molecule has 0 saturated carbocycles. The molecule has 11 nitrogen and oxygen atoms in total. The van der Waals surface area contributed by atoms with Crippen LogP contribution < -0.4 is 5.32 Å². The molecule has 1 heterocycles. The van der Waals surface area contributed by atoms with Crippen molar-refractivity contribution >= 4 is 43.6 Å². The van der Waals surface area contributed by atoms with E-state index in [4.69, 9.17) is 16.2 Å². The number of aryl methyl sites for hydroxylation is 1. The lowest BCUT2D eigenvalue weighted by molar-refractivity contribution is -0.141. The molecular formula is C29H34ClN3O8S2. The van der Waals surface area contributed by atoms with Gasteiger partial charge in [0.05, 0.1) is 10.4 Å². The quantitative estimate of drug-likeness (QED) is 0.229. The van der Waals surface area contributed by atoms with Crippen molar-refractivity contribution in [3.8, 4) is 11.1 Å². The number of carboxylic acid groups (broad SMARTS) is 1. The molecule has 0 spiro atoms. The van der Waals surface area contributed by atoms with E-state index in [1.54, 1.807) is 39.2 Å². The van der Waals surface area contributed by atoms with Gasteiger partial charge < -0.3 is 10.4 Å². The van der Waals surface area contributed by atoms with Crippen molar-refractivity contribution in [3.05, 3.63) is 82.6 Å². The second-order valence-corrected chi connectivity index (χ2v) is 14.3. The number of sulfonamides is 1. The van der Waals surface area contributed by atoms with E-state index in [0.29, 0.717) is 11.1 Å². The first kappa shape index (κ1) is 34.1. The lowest BCUT2D eigenvalue weighted by Gasteiger charge is -2.38. The van der Waals surface area contributed by atoms with Gasteiger partial charge in [0, 0.05) is 30.4 Å². The van der Waals surface area contributed by atoms with Crippen molar-refractivity contribution in [2.75, 3.05) is 12.3 Å². The minimum absolute atomic E-state index is 0.00208. The van der Waals surface area contributed by atoms with Crippen LogP contribution >= 0.6 is 11.6 Å². The van der Waals surface area contributed by atoms with E-state index >= 15 is 0 Å². The van der Waals surface area contributed by atoms with Gasteiger partial charge in [-0.05, 0) is 86.2 Å². The summed E-state index contributed by atoms with van der Waals surface area (Å²) in [5.41, 5.74) is 2.62. The van der Waals surface area contributed by atoms with Crippen LogP contribution in [0.1, 0.15) is 43.4 Å². The topological polar surface area (TPSA) is 171 Å². The molecule has 1 amide bonds. The van der Waals surface area contributed by atoms with Crippen molar-refractivity contribution in [1.82, 2.24) is 14.6 Å². The van der Waals surface area contributed by atoms with Crippen molar-refractivity contribution in [3.63, 3.8) is 0 Å². The number of pyridine rings is 1. The van der Waals surface area contributed by atoms with Crippen molar-refractivity contribution in [1.29, 1.82) is 0 Å². The van der Waals surface area contributed by atoms with Gasteiger partial charge in [-0.1, -0.05) is 35.9 Å². The van der Waals surface area contributed by atoms with E-state index in [9.17, 15) is 31.5 Å². The van der Waals surface area contributed by atoms with Crippen LogP contribution in [0.5, 0.6) is 0 Å². The fraction of sp³-hybridized carbons (Fsp3) is 0.345. The Morgan fingerprint density at radius 2 is 1.74 bits per heavy atom. The maximum absolute atomic E-state index is 14.2. The van der Waals surface area contributed by atoms with E-state index in [0.717, 1.165) is 16.7 Å². The summed E-state index contributed by atoms with van der Waals surface area (Å²) in [5.74, 6) is -3.67. The van der Waals surface area contributed by atoms with Gasteiger partial charge in [-0.15, -0.1) is 0 Å². The Hall–Kier alpha value is -3.36. The Bertz CT molecular complexity index is 1730. The first-order chi connectivity index (χ1) is 19.9. The number of hydrogen-bond acceptors (Lipinski definition) is 7. The van der Waals surface area contributed by atoms with E-state index in [2.05, 4.69) is 10.3 Å². The summed E-state index contributed by atoms with van der Waals surface area (Å²) in [6.07, 6.45) is 3.06. The molecule has 0 aliphatic carbocycles. The molecule has 0 fully saturated rings. The maximum atomic E-state index is 14.2. The normalized spacial score (nSPS) is 13.1. The SMILES string of the molecule is Cc1cnccc1-c1cccc(C(C)(C)N(CCCC(=O)N[C@@H](CS(=O)(=O)O)C(=O)O)S(=O)(=O)c2cccc(Cl)c2C)c1. The van der Waals surface area contributed by atoms with Crippen LogP contribution in [0.4, 0.5) is 0 Å². The van der Waals surface area contributed by atoms with Gasteiger partial charge in [0.15, 0.2) is 0 Å². The number of carboxylic acids is 1. The maximum Gasteiger partial charge on any atom is 0.327 e. The molecule has 0 unspecified atom stereocenters. The highest BCUT2D eigenvalue weighted by Gasteiger charge is 2.39. The summed E-state index contributed by atoms with van der Waals surface area (Å²) < 4.78 is 61.1. The highest BCUT2D eigenvalue weighted by atomic mass is 35.5. The monoisotopic (exact) mass is 651 g/mol. The van der Waals surface area contributed by atoms with Gasteiger partial charge in [0.2, 0.25) is 15.9 Å². The van der Waals surface area contributed by atoms with Gasteiger partial charge in [-0.25, -0.2) is 13.2 Å². The highest BCUT2D eigenvalue weighted by molar-refractivity contribution is 7.89. The van der Waals surface area contributed by atoms with Crippen LogP contribution in [0.25, 0.3) is 11.1 Å². The number of nitrogens with one attached hydrogen (secondary N) is 1. The van der Waals surface area contributed by atoms with Crippen LogP contribution in [0.15, 0.2) is 65.8 Å². The first-order valence-corrected chi connectivity index (χ1v) is 16.6. The standard InChI is InChI=1S/C29H34ClN3O8S2/c1-19-17-31-14-13-23(19)21-8-5-9-22(16-21)29(3,4)33(43(40,41)26-11-6-10-24(30)20(26)2)15-7-12-27(34)32-25(28(35)36)18-42(37,38)39/h5-6,8-11,13-14,16-17,25H,7,12,15,18H2,1-4H3,(H,32,34)(H,35,36)(H,37,38,39)/t25-/m0/s1. The lowest BCUT2D eigenvalue weighted by Crippen LogP contribution is -2.47. The zero-order valence-corrected chi connectivity index (χ0v) is 26.5. The largest absolute Gasteiger partial charge is 0.480 e. The molecule has 0 saturated heterocycles. The molecule has 0 bridgehead atoms. The molecule has 1 aromatic heterocycles. The molecule has 232 valence electrons. The van der Waals surface area contributed by atoms with E-state index in [-0.39, 0.29) is 29.3 Å². The Morgan fingerprint density at radius 1 is 1.07 bits per heavy atom. The molecule has 0 aliphatic rings. The average Bonchev–Trinajstić information content (AvgIpc) is 2.91. The molecule has 0 radical (unpaired) electrons. The van der Waals surface area contributed by atoms with Gasteiger partial charge in [0.1, 0.15) is 11.8 Å². The fourth-order valence-corrected chi connectivity index (χ4v) is 7.67. The number of amides is 1. The molecule has 3 rings (SSSR count). The molecule has 1 atom stereocenters. The molecule has 43 heavy (non-hydrogen) atoms. The van der Waals surface area contributed by atoms with Crippen LogP contribution in [0.3, 0.4) is 0 Å². The average molecular weight is 652 g/mol. The van der Waals surface area contributed by atoms with E-state index < -0.39 is 49.4 Å². The Balaban J connectivity index is 1.98. The third kappa shape index (κ3) is 8.39. The second-order valence-electron chi connectivity index (χ2n) is 10.6. The summed E-state index contributed by atoms with van der Waals surface area (Å²) in [7, 11) is -8.88. The van der Waals surface area contributed by atoms with Crippen molar-refractivity contribution < 1.29 is 36.1 Å². The fourth-order valence-electron chi connectivity index (χ4n) is 4.73. The van der Waals surface area contributed by atoms with Crippen LogP contribution in [0, 0.1) is 13.8 Å². The van der Waals surface area contributed by atoms with Crippen LogP contribution in [-0.4, -0.2) is 66.0 Å². The Labute approximate surface area is 256 Å². The van der Waals surface area contributed by atoms with Gasteiger partial charge >= 0.3 is 5.97 Å². The number of halogens is 1. The van der Waals surface area contributed by atoms with E-state index in [1.807, 2.05) is 37.3 Å². The Kier molecular flexibility index (Phi) is 10.7. The number of rotatable bonds is 13. The summed E-state index contributed by atoms with van der Waals surface area (Å²) in [6.45, 7) is 6.87. The summed E-state index contributed by atoms with van der Waals surface area (Å²) in [5, 5.41) is 11.6. The lowest BCUT2D eigenvalue weighted by atomic mass is 9.90. The third-order valence-electron chi connectivity index (χ3n) is 7.09. The Morgan fingerprint density at radius 3 is 2.37 bits per heavy atom. The van der Waals surface area contributed by atoms with Crippen LogP contribution in [-0.2, 0) is 35.3 Å². The molecule has 14 heteroatoms. The van der Waals surface area contributed by atoms with Gasteiger partial charge in [0.25, 0.3) is 10.1 Å². The zero-order chi connectivity index (χ0) is 32.2. The smallest absolute Gasteiger partial charge is 0.327 e. The number of hydrogen-bond donors (Lipinski definition) is 3. The zero-order valence-electron chi connectivity index (χ0n) is 24.1. The predicted octanol–water partition coefficient (Wildman–Crippen LogP) is 4.18. The highest BCUT2D eigenvalue weighted by Crippen LogP contribution is 2.37. The van der Waals surface area contributed by atoms with Crippen molar-refractivity contribution in [2.24, 2.45) is 0 Å². The molecule has 0 aliphatic heterocycles. The minimum Gasteiger partial charge on any atom is -0.480 e. The second kappa shape index (κ2) is 13.5. The van der Waals surface area contributed by atoms with E-state index in [1.165, 1.54) is 16.4 Å². The molecular weight excluding hydrogens is 618 g/mol. The molecule has 2 aromatic carbocycles. The number of aliphatic carboxylic acids is 1. The number of carbonyl (C=O) groups is 2. The summed E-state index contributed by atoms with van der Waals surface area (Å²) in [6, 6.07) is 12.0. The molecule has 3 N–H and O–H groups in total. The van der Waals surface area contributed by atoms with Gasteiger partial charge in [-0.3, -0.25) is 14.3 Å². The number of nitrogens with zero attached hydrogens (tertiary/aromatic N) is 2. The number of aromatic nitrogens is 1. The van der Waals surface area contributed by atoms with Crippen LogP contribution in [0.2, 0.25) is 5.02 Å². The predicted molar refractivity (Wildman–Crippen MR) is 163 cm³/mol. The number of benzene rings is 2. The minimum atomic E-state index is -4.68. The third-order valence-corrected chi connectivity index (χ3v) is 10.5. The van der Waals surface area contributed by atoms with Crippen molar-refractivity contribution in [2.45, 2.75) is 57.0 Å². The summed E-state index contributed by atoms with van der Waals surface area (Å²) >= 11 is 6.28.